The van der Waals surface area contributed by atoms with Crippen molar-refractivity contribution in [3.63, 3.8) is 0 Å². The topological polar surface area (TPSA) is 60.1 Å². The van der Waals surface area contributed by atoms with Crippen LogP contribution in [0.3, 0.4) is 0 Å². The van der Waals surface area contributed by atoms with E-state index >= 15 is 0 Å². The van der Waals surface area contributed by atoms with Gasteiger partial charge in [0.15, 0.2) is 0 Å². The number of aryl methyl sites for hydroxylation is 2. The largest absolute Gasteiger partial charge is 0.466 e. The molecule has 2 heterocycles. The average molecular weight is 323 g/mol. The summed E-state index contributed by atoms with van der Waals surface area (Å²) in [7, 11) is 0. The van der Waals surface area contributed by atoms with Crippen molar-refractivity contribution < 1.29 is 9.21 Å². The number of benzene rings is 1. The second-order valence-electron chi connectivity index (χ2n) is 5.87. The molecular weight excluding hydrogens is 302 g/mol. The number of hydrogen-bond donors (Lipinski definition) is 1. The van der Waals surface area contributed by atoms with Crippen molar-refractivity contribution in [3.8, 4) is 0 Å². The molecule has 24 heavy (non-hydrogen) atoms. The Morgan fingerprint density at radius 3 is 2.50 bits per heavy atom. The van der Waals surface area contributed by atoms with Crippen LogP contribution in [-0.4, -0.2) is 15.7 Å². The molecule has 0 bridgehead atoms. The van der Waals surface area contributed by atoms with Gasteiger partial charge < -0.3 is 9.73 Å². The van der Waals surface area contributed by atoms with E-state index in [1.54, 1.807) is 6.20 Å². The van der Waals surface area contributed by atoms with Crippen molar-refractivity contribution in [1.29, 1.82) is 0 Å². The van der Waals surface area contributed by atoms with Crippen molar-refractivity contribution >= 4 is 5.91 Å². The number of carbonyl (C=O) groups excluding carboxylic acids is 1. The van der Waals surface area contributed by atoms with Crippen LogP contribution in [0, 0.1) is 20.8 Å². The van der Waals surface area contributed by atoms with Crippen LogP contribution in [0.1, 0.15) is 38.6 Å². The lowest BCUT2D eigenvalue weighted by Gasteiger charge is -2.11. The molecule has 0 aliphatic heterocycles. The Balaban J connectivity index is 1.74. The molecule has 0 aliphatic carbocycles. The second-order valence-corrected chi connectivity index (χ2v) is 5.87. The molecule has 0 atom stereocenters. The Hall–Kier alpha value is -2.82. The van der Waals surface area contributed by atoms with Crippen LogP contribution in [0.15, 0.2) is 47.1 Å². The van der Waals surface area contributed by atoms with Gasteiger partial charge in [-0.2, -0.15) is 5.10 Å². The Morgan fingerprint density at radius 2 is 1.88 bits per heavy atom. The van der Waals surface area contributed by atoms with Gasteiger partial charge >= 0.3 is 0 Å². The maximum atomic E-state index is 12.5. The monoisotopic (exact) mass is 323 g/mol. The fourth-order valence-corrected chi connectivity index (χ4v) is 2.84. The zero-order chi connectivity index (χ0) is 17.1. The third kappa shape index (κ3) is 3.25. The molecule has 0 unspecified atom stereocenters. The molecule has 0 fully saturated rings. The predicted molar refractivity (Wildman–Crippen MR) is 91.9 cm³/mol. The highest BCUT2D eigenvalue weighted by Crippen LogP contribution is 2.20. The van der Waals surface area contributed by atoms with Crippen molar-refractivity contribution in [2.75, 3.05) is 0 Å². The van der Waals surface area contributed by atoms with Gasteiger partial charge in [0, 0.05) is 24.5 Å². The number of carbonyl (C=O) groups is 1. The van der Waals surface area contributed by atoms with Crippen molar-refractivity contribution in [3.05, 3.63) is 76.5 Å². The molecule has 2 aromatic heterocycles. The van der Waals surface area contributed by atoms with Gasteiger partial charge in [0.25, 0.3) is 5.91 Å². The van der Waals surface area contributed by atoms with Crippen LogP contribution in [-0.2, 0) is 13.1 Å². The number of nitrogens with zero attached hydrogens (tertiary/aromatic N) is 2. The molecule has 0 radical (unpaired) electrons. The zero-order valence-corrected chi connectivity index (χ0v) is 14.2. The Labute approximate surface area is 141 Å². The minimum absolute atomic E-state index is 0.101. The smallest absolute Gasteiger partial charge is 0.255 e. The van der Waals surface area contributed by atoms with Gasteiger partial charge in [-0.15, -0.1) is 0 Å². The van der Waals surface area contributed by atoms with Crippen LogP contribution in [0.4, 0.5) is 0 Å². The highest BCUT2D eigenvalue weighted by Gasteiger charge is 2.18. The first kappa shape index (κ1) is 16.1. The Bertz CT molecular complexity index is 848. The van der Waals surface area contributed by atoms with E-state index < -0.39 is 0 Å². The van der Waals surface area contributed by atoms with E-state index in [1.165, 1.54) is 0 Å². The fourth-order valence-electron chi connectivity index (χ4n) is 2.84. The Morgan fingerprint density at radius 1 is 1.12 bits per heavy atom. The summed E-state index contributed by atoms with van der Waals surface area (Å²) in [6.45, 7) is 6.76. The van der Waals surface area contributed by atoms with Crippen LogP contribution in [0.2, 0.25) is 0 Å². The second kappa shape index (κ2) is 6.74. The summed E-state index contributed by atoms with van der Waals surface area (Å²) in [4.78, 5) is 12.5. The molecule has 0 saturated heterocycles. The third-order valence-electron chi connectivity index (χ3n) is 4.24. The first-order valence-corrected chi connectivity index (χ1v) is 7.95. The number of aromatic nitrogens is 2. The lowest BCUT2D eigenvalue weighted by Crippen LogP contribution is -2.24. The van der Waals surface area contributed by atoms with Crippen LogP contribution < -0.4 is 5.32 Å². The van der Waals surface area contributed by atoms with Crippen LogP contribution in [0.25, 0.3) is 0 Å². The lowest BCUT2D eigenvalue weighted by molar-refractivity contribution is 0.0949. The lowest BCUT2D eigenvalue weighted by atomic mass is 10.1. The predicted octanol–water partition coefficient (Wildman–Crippen LogP) is 3.38. The van der Waals surface area contributed by atoms with Gasteiger partial charge in [-0.3, -0.25) is 9.48 Å². The van der Waals surface area contributed by atoms with E-state index in [2.05, 4.69) is 16.5 Å². The van der Waals surface area contributed by atoms with Crippen LogP contribution in [0.5, 0.6) is 0 Å². The maximum Gasteiger partial charge on any atom is 0.255 e. The first-order chi connectivity index (χ1) is 11.6. The van der Waals surface area contributed by atoms with E-state index in [0.29, 0.717) is 24.4 Å². The number of rotatable bonds is 5. The van der Waals surface area contributed by atoms with E-state index in [-0.39, 0.29) is 5.91 Å². The van der Waals surface area contributed by atoms with E-state index in [1.807, 2.05) is 55.9 Å². The standard InChI is InChI=1S/C19H21N3O2/c1-13-14(2)24-15(3)18(13)19(23)20-11-16-7-4-5-8-17(16)12-22-10-6-9-21-22/h4-10H,11-12H2,1-3H3,(H,20,23). The van der Waals surface area contributed by atoms with Gasteiger partial charge in [-0.25, -0.2) is 0 Å². The SMILES string of the molecule is Cc1oc(C)c(C(=O)NCc2ccccc2Cn2cccn2)c1C. The summed E-state index contributed by atoms with van der Waals surface area (Å²) in [5, 5.41) is 7.24. The summed E-state index contributed by atoms with van der Waals surface area (Å²) in [5.41, 5.74) is 3.75. The third-order valence-corrected chi connectivity index (χ3v) is 4.24. The molecule has 124 valence electrons. The van der Waals surface area contributed by atoms with Gasteiger partial charge in [-0.05, 0) is 38.0 Å². The minimum Gasteiger partial charge on any atom is -0.466 e. The highest BCUT2D eigenvalue weighted by atomic mass is 16.3. The van der Waals surface area contributed by atoms with Crippen LogP contribution >= 0.6 is 0 Å². The summed E-state index contributed by atoms with van der Waals surface area (Å²) in [5.74, 6) is 1.35. The minimum atomic E-state index is -0.101. The molecular formula is C19H21N3O2. The average Bonchev–Trinajstić information content (AvgIpc) is 3.15. The highest BCUT2D eigenvalue weighted by molar-refractivity contribution is 5.96. The fraction of sp³-hybridized carbons (Fsp3) is 0.263. The van der Waals surface area contributed by atoms with Gasteiger partial charge in [0.2, 0.25) is 0 Å². The zero-order valence-electron chi connectivity index (χ0n) is 14.2. The molecule has 5 nitrogen and oxygen atoms in total. The molecule has 5 heteroatoms. The summed E-state index contributed by atoms with van der Waals surface area (Å²) in [6, 6.07) is 9.96. The number of amides is 1. The van der Waals surface area contributed by atoms with Crippen molar-refractivity contribution in [2.45, 2.75) is 33.9 Å². The molecule has 1 N–H and O–H groups in total. The van der Waals surface area contributed by atoms with E-state index in [0.717, 1.165) is 22.5 Å². The van der Waals surface area contributed by atoms with E-state index in [9.17, 15) is 4.79 Å². The summed E-state index contributed by atoms with van der Waals surface area (Å²) in [6.07, 6.45) is 3.69. The first-order valence-electron chi connectivity index (χ1n) is 7.95. The molecule has 3 rings (SSSR count). The Kier molecular flexibility index (Phi) is 4.51. The molecule has 0 spiro atoms. The maximum absolute atomic E-state index is 12.5. The normalized spacial score (nSPS) is 10.8. The molecule has 0 aliphatic rings. The molecule has 0 saturated carbocycles. The number of hydrogen-bond acceptors (Lipinski definition) is 3. The number of nitrogens with one attached hydrogen (secondary N) is 1. The van der Waals surface area contributed by atoms with Crippen molar-refractivity contribution in [2.24, 2.45) is 0 Å². The van der Waals surface area contributed by atoms with E-state index in [4.69, 9.17) is 4.42 Å². The van der Waals surface area contributed by atoms with Gasteiger partial charge in [0.1, 0.15) is 11.5 Å². The summed E-state index contributed by atoms with van der Waals surface area (Å²) >= 11 is 0. The summed E-state index contributed by atoms with van der Waals surface area (Å²) < 4.78 is 7.41. The molecule has 1 amide bonds. The molecule has 3 aromatic rings. The number of furan rings is 1. The quantitative estimate of drug-likeness (QED) is 0.783. The molecule has 1 aromatic carbocycles. The van der Waals surface area contributed by atoms with Gasteiger partial charge in [0.05, 0.1) is 12.1 Å². The van der Waals surface area contributed by atoms with Crippen molar-refractivity contribution in [1.82, 2.24) is 15.1 Å². The van der Waals surface area contributed by atoms with Gasteiger partial charge in [-0.1, -0.05) is 24.3 Å².